The van der Waals surface area contributed by atoms with Crippen molar-refractivity contribution in [3.8, 4) is 0 Å². The standard InChI is InChI=1S/C12H15FN2O2/c13-10-3-1-2-9(12(16)17)11(10)15-6-4-8(14)5-7-15/h1-3,8H,4-7,14H2,(H,16,17). The number of rotatable bonds is 2. The summed E-state index contributed by atoms with van der Waals surface area (Å²) in [5.74, 6) is -1.59. The van der Waals surface area contributed by atoms with Gasteiger partial charge in [0.2, 0.25) is 0 Å². The molecule has 1 saturated heterocycles. The lowest BCUT2D eigenvalue weighted by atomic mass is 10.0. The first-order valence-electron chi connectivity index (χ1n) is 5.62. The predicted molar refractivity (Wildman–Crippen MR) is 62.8 cm³/mol. The first kappa shape index (κ1) is 11.9. The fourth-order valence-corrected chi connectivity index (χ4v) is 2.13. The highest BCUT2D eigenvalue weighted by atomic mass is 19.1. The molecule has 0 radical (unpaired) electrons. The Morgan fingerprint density at radius 1 is 1.41 bits per heavy atom. The molecule has 1 heterocycles. The lowest BCUT2D eigenvalue weighted by molar-refractivity contribution is 0.0697. The fourth-order valence-electron chi connectivity index (χ4n) is 2.13. The van der Waals surface area contributed by atoms with Crippen LogP contribution in [0.3, 0.4) is 0 Å². The monoisotopic (exact) mass is 238 g/mol. The average molecular weight is 238 g/mol. The number of carbonyl (C=O) groups is 1. The number of carboxylic acid groups (broad SMARTS) is 1. The van der Waals surface area contributed by atoms with E-state index in [-0.39, 0.29) is 17.3 Å². The summed E-state index contributed by atoms with van der Waals surface area (Å²) in [6.07, 6.45) is 1.51. The van der Waals surface area contributed by atoms with Crippen molar-refractivity contribution in [2.45, 2.75) is 18.9 Å². The van der Waals surface area contributed by atoms with Gasteiger partial charge in [-0.05, 0) is 25.0 Å². The van der Waals surface area contributed by atoms with Crippen LogP contribution < -0.4 is 10.6 Å². The molecular formula is C12H15FN2O2. The summed E-state index contributed by atoms with van der Waals surface area (Å²) in [6, 6.07) is 4.26. The molecule has 1 aliphatic heterocycles. The summed E-state index contributed by atoms with van der Waals surface area (Å²) < 4.78 is 13.8. The van der Waals surface area contributed by atoms with Gasteiger partial charge in [0.05, 0.1) is 11.3 Å². The van der Waals surface area contributed by atoms with Crippen molar-refractivity contribution in [1.82, 2.24) is 0 Å². The Kier molecular flexibility index (Phi) is 3.28. The van der Waals surface area contributed by atoms with Crippen molar-refractivity contribution >= 4 is 11.7 Å². The smallest absolute Gasteiger partial charge is 0.337 e. The van der Waals surface area contributed by atoms with Crippen LogP contribution in [-0.2, 0) is 0 Å². The van der Waals surface area contributed by atoms with Crippen LogP contribution in [0.4, 0.5) is 10.1 Å². The van der Waals surface area contributed by atoms with Crippen molar-refractivity contribution < 1.29 is 14.3 Å². The van der Waals surface area contributed by atoms with Crippen molar-refractivity contribution in [3.05, 3.63) is 29.6 Å². The van der Waals surface area contributed by atoms with E-state index in [2.05, 4.69) is 0 Å². The van der Waals surface area contributed by atoms with Crippen LogP contribution in [-0.4, -0.2) is 30.2 Å². The molecule has 4 nitrogen and oxygen atoms in total. The molecule has 1 aromatic carbocycles. The van der Waals surface area contributed by atoms with Crippen LogP contribution in [0.15, 0.2) is 18.2 Å². The number of anilines is 1. The number of nitrogens with zero attached hydrogens (tertiary/aromatic N) is 1. The normalized spacial score (nSPS) is 17.2. The van der Waals surface area contributed by atoms with Crippen LogP contribution in [0.1, 0.15) is 23.2 Å². The molecule has 0 bridgehead atoms. The maximum Gasteiger partial charge on any atom is 0.337 e. The van der Waals surface area contributed by atoms with Gasteiger partial charge in [0.1, 0.15) is 5.82 Å². The van der Waals surface area contributed by atoms with Crippen LogP contribution in [0.5, 0.6) is 0 Å². The molecule has 5 heteroatoms. The van der Waals surface area contributed by atoms with E-state index in [9.17, 15) is 9.18 Å². The minimum absolute atomic E-state index is 0.0143. The number of halogens is 1. The van der Waals surface area contributed by atoms with E-state index in [4.69, 9.17) is 10.8 Å². The van der Waals surface area contributed by atoms with Gasteiger partial charge < -0.3 is 15.7 Å². The number of aromatic carboxylic acids is 1. The highest BCUT2D eigenvalue weighted by Gasteiger charge is 2.23. The van der Waals surface area contributed by atoms with E-state index < -0.39 is 11.8 Å². The second kappa shape index (κ2) is 4.71. The molecule has 3 N–H and O–H groups in total. The van der Waals surface area contributed by atoms with Crippen LogP contribution >= 0.6 is 0 Å². The maximum atomic E-state index is 13.8. The second-order valence-electron chi connectivity index (χ2n) is 4.27. The Balaban J connectivity index is 2.33. The fraction of sp³-hybridized carbons (Fsp3) is 0.417. The Hall–Kier alpha value is -1.62. The summed E-state index contributed by atoms with van der Waals surface area (Å²) in [5.41, 5.74) is 5.98. The zero-order valence-corrected chi connectivity index (χ0v) is 9.40. The topological polar surface area (TPSA) is 66.6 Å². The number of hydrogen-bond donors (Lipinski definition) is 2. The Morgan fingerprint density at radius 2 is 2.06 bits per heavy atom. The number of hydrogen-bond acceptors (Lipinski definition) is 3. The second-order valence-corrected chi connectivity index (χ2v) is 4.27. The molecule has 1 fully saturated rings. The molecule has 0 aliphatic carbocycles. The molecule has 2 rings (SSSR count). The third-order valence-corrected chi connectivity index (χ3v) is 3.07. The largest absolute Gasteiger partial charge is 0.478 e. The molecule has 1 aliphatic rings. The van der Waals surface area contributed by atoms with Gasteiger partial charge in [-0.3, -0.25) is 0 Å². The minimum atomic E-state index is -1.10. The van der Waals surface area contributed by atoms with Crippen molar-refractivity contribution in [3.63, 3.8) is 0 Å². The van der Waals surface area contributed by atoms with Crippen molar-refractivity contribution in [1.29, 1.82) is 0 Å². The average Bonchev–Trinajstić information content (AvgIpc) is 2.30. The van der Waals surface area contributed by atoms with E-state index in [1.54, 1.807) is 4.90 Å². The quantitative estimate of drug-likeness (QED) is 0.818. The first-order chi connectivity index (χ1) is 8.09. The summed E-state index contributed by atoms with van der Waals surface area (Å²) >= 11 is 0. The van der Waals surface area contributed by atoms with E-state index in [0.717, 1.165) is 12.8 Å². The molecule has 17 heavy (non-hydrogen) atoms. The third-order valence-electron chi connectivity index (χ3n) is 3.07. The van der Waals surface area contributed by atoms with E-state index in [0.29, 0.717) is 13.1 Å². The summed E-state index contributed by atoms with van der Waals surface area (Å²) in [6.45, 7) is 1.20. The Morgan fingerprint density at radius 3 is 2.65 bits per heavy atom. The van der Waals surface area contributed by atoms with Gasteiger partial charge in [0, 0.05) is 19.1 Å². The van der Waals surface area contributed by atoms with Gasteiger partial charge in [-0.1, -0.05) is 6.07 Å². The molecule has 0 amide bonds. The van der Waals surface area contributed by atoms with Gasteiger partial charge in [-0.15, -0.1) is 0 Å². The van der Waals surface area contributed by atoms with Gasteiger partial charge >= 0.3 is 5.97 Å². The SMILES string of the molecule is NC1CCN(c2c(F)cccc2C(=O)O)CC1. The molecule has 0 unspecified atom stereocenters. The number of piperidine rings is 1. The van der Waals surface area contributed by atoms with Gasteiger partial charge in [-0.2, -0.15) is 0 Å². The van der Waals surface area contributed by atoms with Crippen molar-refractivity contribution in [2.75, 3.05) is 18.0 Å². The van der Waals surface area contributed by atoms with Gasteiger partial charge in [0.25, 0.3) is 0 Å². The molecule has 0 saturated carbocycles. The summed E-state index contributed by atoms with van der Waals surface area (Å²) in [5, 5.41) is 9.05. The Labute approximate surface area is 98.8 Å². The molecule has 1 aromatic rings. The number of benzene rings is 1. The van der Waals surface area contributed by atoms with Crippen LogP contribution in [0.2, 0.25) is 0 Å². The Bertz CT molecular complexity index is 429. The highest BCUT2D eigenvalue weighted by molar-refractivity contribution is 5.94. The molecule has 92 valence electrons. The van der Waals surface area contributed by atoms with E-state index in [1.807, 2.05) is 0 Å². The summed E-state index contributed by atoms with van der Waals surface area (Å²) in [4.78, 5) is 12.8. The molecular weight excluding hydrogens is 223 g/mol. The first-order valence-corrected chi connectivity index (χ1v) is 5.62. The van der Waals surface area contributed by atoms with E-state index >= 15 is 0 Å². The minimum Gasteiger partial charge on any atom is -0.478 e. The maximum absolute atomic E-state index is 13.8. The molecule has 0 aromatic heterocycles. The highest BCUT2D eigenvalue weighted by Crippen LogP contribution is 2.27. The van der Waals surface area contributed by atoms with Crippen LogP contribution in [0.25, 0.3) is 0 Å². The van der Waals surface area contributed by atoms with Gasteiger partial charge in [-0.25, -0.2) is 9.18 Å². The number of carboxylic acids is 1. The molecule has 0 atom stereocenters. The van der Waals surface area contributed by atoms with Crippen LogP contribution in [0, 0.1) is 5.82 Å². The zero-order chi connectivity index (χ0) is 12.4. The summed E-state index contributed by atoms with van der Waals surface area (Å²) in [7, 11) is 0. The number of nitrogens with two attached hydrogens (primary N) is 1. The van der Waals surface area contributed by atoms with Crippen molar-refractivity contribution in [2.24, 2.45) is 5.73 Å². The van der Waals surface area contributed by atoms with E-state index in [1.165, 1.54) is 18.2 Å². The lowest BCUT2D eigenvalue weighted by Crippen LogP contribution is -2.40. The zero-order valence-electron chi connectivity index (χ0n) is 9.40. The number of para-hydroxylation sites is 1. The molecule has 0 spiro atoms. The lowest BCUT2D eigenvalue weighted by Gasteiger charge is -2.32. The van der Waals surface area contributed by atoms with Gasteiger partial charge in [0.15, 0.2) is 0 Å². The predicted octanol–water partition coefficient (Wildman–Crippen LogP) is 1.45. The third kappa shape index (κ3) is 2.39.